The van der Waals surface area contributed by atoms with Crippen molar-refractivity contribution in [3.8, 4) is 0 Å². The van der Waals surface area contributed by atoms with E-state index in [-0.39, 0.29) is 35.7 Å². The zero-order valence-corrected chi connectivity index (χ0v) is 27.4. The van der Waals surface area contributed by atoms with Crippen LogP contribution >= 0.6 is 0 Å². The van der Waals surface area contributed by atoms with Crippen molar-refractivity contribution in [3.05, 3.63) is 58.7 Å². The van der Waals surface area contributed by atoms with Gasteiger partial charge in [-0.2, -0.15) is 0 Å². The molecule has 3 rings (SSSR count). The predicted octanol–water partition coefficient (Wildman–Crippen LogP) is 7.07. The number of ether oxygens (including phenoxy) is 1. The molecule has 0 spiro atoms. The van der Waals surface area contributed by atoms with E-state index >= 15 is 0 Å². The van der Waals surface area contributed by atoms with Crippen LogP contribution in [0.1, 0.15) is 86.8 Å². The van der Waals surface area contributed by atoms with Crippen molar-refractivity contribution in [3.63, 3.8) is 0 Å². The monoisotopic (exact) mass is 582 g/mol. The lowest BCUT2D eigenvalue weighted by molar-refractivity contribution is -0.137. The third-order valence-electron chi connectivity index (χ3n) is 8.27. The molecule has 2 heterocycles. The van der Waals surface area contributed by atoms with Gasteiger partial charge in [-0.05, 0) is 81.8 Å². The number of carbonyl (C=O) groups excluding carboxylic acids is 2. The average molecular weight is 583 g/mol. The van der Waals surface area contributed by atoms with E-state index < -0.39 is 8.32 Å². The number of oxime groups is 1. The van der Waals surface area contributed by atoms with E-state index in [0.717, 1.165) is 49.0 Å². The summed E-state index contributed by atoms with van der Waals surface area (Å²) in [5.41, 5.74) is 3.95. The van der Waals surface area contributed by atoms with Crippen molar-refractivity contribution in [2.75, 3.05) is 19.7 Å². The summed E-state index contributed by atoms with van der Waals surface area (Å²) in [6.45, 7) is 18.5. The number of likely N-dealkylation sites (tertiary alicyclic amines) is 1. The number of allylic oxidation sites excluding steroid dienone is 1. The summed E-state index contributed by atoms with van der Waals surface area (Å²) in [7, 11) is -2.02. The molecule has 0 unspecified atom stereocenters. The van der Waals surface area contributed by atoms with Gasteiger partial charge in [-0.1, -0.05) is 61.9 Å². The van der Waals surface area contributed by atoms with E-state index in [4.69, 9.17) is 14.0 Å². The summed E-state index contributed by atoms with van der Waals surface area (Å²) >= 11 is 0. The third-order valence-corrected chi connectivity index (χ3v) is 12.8. The maximum atomic E-state index is 13.4. The Morgan fingerprint density at radius 1 is 1.10 bits per heavy atom. The number of aryl methyl sites for hydroxylation is 2. The Hall–Kier alpha value is -2.71. The van der Waals surface area contributed by atoms with Crippen LogP contribution < -0.4 is 0 Å². The molecule has 0 saturated carbocycles. The van der Waals surface area contributed by atoms with Crippen LogP contribution in [0.25, 0.3) is 0 Å². The molecule has 0 aliphatic carbocycles. The second-order valence-electron chi connectivity index (χ2n) is 13.0. The van der Waals surface area contributed by atoms with E-state index in [1.807, 2.05) is 43.9 Å². The fraction of sp³-hybridized carbons (Fsp3) is 0.606. The van der Waals surface area contributed by atoms with Gasteiger partial charge in [0.2, 0.25) is 0 Å². The largest absolute Gasteiger partial charge is 0.459 e. The smallest absolute Gasteiger partial charge is 0.338 e. The highest BCUT2D eigenvalue weighted by molar-refractivity contribution is 6.74. The Kier molecular flexibility index (Phi) is 11.6. The van der Waals surface area contributed by atoms with Gasteiger partial charge >= 0.3 is 5.97 Å². The molecule has 8 heteroatoms. The molecular formula is C33H50N2O5Si. The second-order valence-corrected chi connectivity index (χ2v) is 17.8. The molecule has 1 aromatic rings. The van der Waals surface area contributed by atoms with Crippen molar-refractivity contribution < 1.29 is 23.6 Å². The first-order valence-corrected chi connectivity index (χ1v) is 18.0. The topological polar surface area (TPSA) is 77.4 Å². The lowest BCUT2D eigenvalue weighted by atomic mass is 9.95. The first kappa shape index (κ1) is 32.8. The summed E-state index contributed by atoms with van der Waals surface area (Å²) in [6, 6.07) is 4.00. The average Bonchev–Trinajstić information content (AvgIpc) is 2.87. The Morgan fingerprint density at radius 3 is 2.49 bits per heavy atom. The third kappa shape index (κ3) is 9.67. The molecular weight excluding hydrogens is 532 g/mol. The quantitative estimate of drug-likeness (QED) is 0.161. The van der Waals surface area contributed by atoms with Crippen LogP contribution in [0.4, 0.5) is 0 Å². The Bertz CT molecular complexity index is 1160. The number of amides is 1. The van der Waals surface area contributed by atoms with E-state index in [9.17, 15) is 9.59 Å². The fourth-order valence-corrected chi connectivity index (χ4v) is 6.27. The number of piperidine rings is 1. The molecule has 2 aliphatic heterocycles. The molecule has 1 aromatic carbocycles. The molecule has 2 atom stereocenters. The second kappa shape index (κ2) is 14.5. The molecule has 1 amide bonds. The molecule has 0 radical (unpaired) electrons. The number of carbonyl (C=O) groups is 2. The van der Waals surface area contributed by atoms with Crippen LogP contribution in [-0.4, -0.2) is 62.7 Å². The standard InChI is InChI=1S/C33H50N2O5Si/c1-24-20-25(2)31-27(21-24)22-28(34-38-23-30(36)35-18-10-9-11-19-35)15-13-17-29(40-41(7,8)33(4,5)6)16-12-14-26(3)39-32(31)37/h12-13,15-16,20-21,26,29H,9-11,14,17-19,22-23H2,1-8H3/b15-13+,16-12+,34-28?/t26-,29-/m1/s1. The maximum Gasteiger partial charge on any atom is 0.338 e. The molecule has 41 heavy (non-hydrogen) atoms. The zero-order chi connectivity index (χ0) is 30.2. The van der Waals surface area contributed by atoms with E-state index in [1.54, 1.807) is 0 Å². The van der Waals surface area contributed by atoms with Crippen LogP contribution in [0.2, 0.25) is 18.1 Å². The maximum absolute atomic E-state index is 13.4. The van der Waals surface area contributed by atoms with Crippen molar-refractivity contribution in [1.29, 1.82) is 0 Å². The molecule has 226 valence electrons. The van der Waals surface area contributed by atoms with Crippen LogP contribution in [0.3, 0.4) is 0 Å². The van der Waals surface area contributed by atoms with Gasteiger partial charge in [0.25, 0.3) is 5.91 Å². The van der Waals surface area contributed by atoms with Gasteiger partial charge in [-0.25, -0.2) is 4.79 Å². The van der Waals surface area contributed by atoms with E-state index in [2.05, 4.69) is 57.2 Å². The van der Waals surface area contributed by atoms with Gasteiger partial charge in [0, 0.05) is 25.9 Å². The van der Waals surface area contributed by atoms with E-state index in [1.165, 1.54) is 0 Å². The molecule has 0 bridgehead atoms. The summed E-state index contributed by atoms with van der Waals surface area (Å²) in [5, 5.41) is 4.48. The molecule has 2 aliphatic rings. The Labute approximate surface area is 248 Å². The number of esters is 1. The molecule has 1 saturated heterocycles. The fourth-order valence-electron chi connectivity index (χ4n) is 4.98. The van der Waals surface area contributed by atoms with Crippen molar-refractivity contribution in [1.82, 2.24) is 4.90 Å². The number of hydrogen-bond donors (Lipinski definition) is 0. The predicted molar refractivity (Wildman–Crippen MR) is 168 cm³/mol. The van der Waals surface area contributed by atoms with Crippen LogP contribution in [0, 0.1) is 13.8 Å². The minimum Gasteiger partial charge on any atom is -0.459 e. The molecule has 0 N–H and O–H groups in total. The normalized spacial score (nSPS) is 23.8. The Morgan fingerprint density at radius 2 is 1.80 bits per heavy atom. The van der Waals surface area contributed by atoms with Gasteiger partial charge in [0.15, 0.2) is 14.9 Å². The highest BCUT2D eigenvalue weighted by Crippen LogP contribution is 2.38. The molecule has 7 nitrogen and oxygen atoms in total. The zero-order valence-electron chi connectivity index (χ0n) is 26.4. The highest BCUT2D eigenvalue weighted by atomic mass is 28.4. The highest BCUT2D eigenvalue weighted by Gasteiger charge is 2.38. The number of benzene rings is 1. The summed E-state index contributed by atoms with van der Waals surface area (Å²) in [5.74, 6) is -0.384. The summed E-state index contributed by atoms with van der Waals surface area (Å²) in [6.07, 6.45) is 12.6. The van der Waals surface area contributed by atoms with Crippen LogP contribution in [-0.2, 0) is 25.2 Å². The number of fused-ring (bicyclic) bond motifs is 1. The van der Waals surface area contributed by atoms with Gasteiger partial charge in [0.1, 0.15) is 6.10 Å². The summed E-state index contributed by atoms with van der Waals surface area (Å²) in [4.78, 5) is 33.5. The molecule has 0 aromatic heterocycles. The lowest BCUT2D eigenvalue weighted by Gasteiger charge is -2.38. The minimum absolute atomic E-state index is 0.0449. The number of cyclic esters (lactones) is 1. The van der Waals surface area contributed by atoms with Crippen LogP contribution in [0.5, 0.6) is 0 Å². The Balaban J connectivity index is 1.92. The van der Waals surface area contributed by atoms with Crippen molar-refractivity contribution >= 4 is 25.9 Å². The SMILES string of the molecule is Cc1cc(C)c2c(c1)CC(=NOCC(=O)N1CCCCC1)/C=C/C[C@H](O[Si](C)(C)C(C)(C)C)/C=C/C[C@@H](C)OC2=O. The van der Waals surface area contributed by atoms with Gasteiger partial charge in [-0.15, -0.1) is 0 Å². The number of hydrogen-bond acceptors (Lipinski definition) is 6. The first-order chi connectivity index (χ1) is 19.3. The van der Waals surface area contributed by atoms with Gasteiger partial charge < -0.3 is 18.9 Å². The van der Waals surface area contributed by atoms with Gasteiger partial charge in [0.05, 0.1) is 17.4 Å². The van der Waals surface area contributed by atoms with Crippen LogP contribution in [0.15, 0.2) is 41.6 Å². The first-order valence-electron chi connectivity index (χ1n) is 15.1. The minimum atomic E-state index is -2.02. The number of nitrogens with zero attached hydrogens (tertiary/aromatic N) is 2. The van der Waals surface area contributed by atoms with E-state index in [0.29, 0.717) is 30.5 Å². The summed E-state index contributed by atoms with van der Waals surface area (Å²) < 4.78 is 12.6. The van der Waals surface area contributed by atoms with Gasteiger partial charge in [-0.3, -0.25) is 4.79 Å². The van der Waals surface area contributed by atoms with Crippen molar-refractivity contribution in [2.24, 2.45) is 5.16 Å². The van der Waals surface area contributed by atoms with Crippen molar-refractivity contribution in [2.45, 2.75) is 110 Å². The molecule has 1 fully saturated rings. The number of rotatable bonds is 5. The lowest BCUT2D eigenvalue weighted by Crippen LogP contribution is -2.43.